The largest absolute Gasteiger partial charge is 0.393 e. The van der Waals surface area contributed by atoms with Crippen LogP contribution in [-0.4, -0.2) is 34.6 Å². The van der Waals surface area contributed by atoms with Gasteiger partial charge in [0.1, 0.15) is 5.82 Å². The van der Waals surface area contributed by atoms with Gasteiger partial charge in [-0.3, -0.25) is 4.79 Å². The second-order valence-corrected chi connectivity index (χ2v) is 5.34. The van der Waals surface area contributed by atoms with E-state index in [1.54, 1.807) is 19.9 Å². The predicted molar refractivity (Wildman–Crippen MR) is 71.5 cm³/mol. The molecule has 1 N–H and O–H groups in total. The molecule has 0 radical (unpaired) electrons. The highest BCUT2D eigenvalue weighted by molar-refractivity contribution is 5.96. The molecule has 2 atom stereocenters. The lowest BCUT2D eigenvalue weighted by Gasteiger charge is -2.26. The molecule has 2 unspecified atom stereocenters. The Kier molecular flexibility index (Phi) is 4.20. The standard InChI is InChI=1S/C15H20FNO2/c1-10-8-12(16)5-6-14(10)15(19)17-7-3-4-13(17)9-11(2)18/h5-6,8,11,13,18H,3-4,7,9H2,1-2H3. The van der Waals surface area contributed by atoms with Crippen LogP contribution in [0.1, 0.15) is 42.1 Å². The topological polar surface area (TPSA) is 40.5 Å². The van der Waals surface area contributed by atoms with Gasteiger partial charge in [0.2, 0.25) is 0 Å². The third-order valence-electron chi connectivity index (χ3n) is 3.67. The van der Waals surface area contributed by atoms with Crippen LogP contribution in [0.15, 0.2) is 18.2 Å². The van der Waals surface area contributed by atoms with E-state index < -0.39 is 6.10 Å². The molecule has 1 saturated heterocycles. The van der Waals surface area contributed by atoms with Gasteiger partial charge in [0.15, 0.2) is 0 Å². The van der Waals surface area contributed by atoms with Crippen LogP contribution in [-0.2, 0) is 0 Å². The zero-order chi connectivity index (χ0) is 14.0. The van der Waals surface area contributed by atoms with E-state index in [0.717, 1.165) is 12.8 Å². The average Bonchev–Trinajstić information content (AvgIpc) is 2.75. The highest BCUT2D eigenvalue weighted by atomic mass is 19.1. The maximum Gasteiger partial charge on any atom is 0.254 e. The maximum absolute atomic E-state index is 13.1. The average molecular weight is 265 g/mol. The molecule has 0 spiro atoms. The molecule has 3 nitrogen and oxygen atoms in total. The van der Waals surface area contributed by atoms with Gasteiger partial charge in [0.05, 0.1) is 6.10 Å². The molecule has 1 aliphatic rings. The Morgan fingerprint density at radius 3 is 2.95 bits per heavy atom. The summed E-state index contributed by atoms with van der Waals surface area (Å²) in [7, 11) is 0. The quantitative estimate of drug-likeness (QED) is 0.912. The minimum Gasteiger partial charge on any atom is -0.393 e. The fraction of sp³-hybridized carbons (Fsp3) is 0.533. The Morgan fingerprint density at radius 2 is 2.32 bits per heavy atom. The SMILES string of the molecule is Cc1cc(F)ccc1C(=O)N1CCCC1CC(C)O. The minimum absolute atomic E-state index is 0.0550. The molecule has 1 fully saturated rings. The number of nitrogens with zero attached hydrogens (tertiary/aromatic N) is 1. The summed E-state index contributed by atoms with van der Waals surface area (Å²) in [6, 6.07) is 4.34. The van der Waals surface area contributed by atoms with Gasteiger partial charge in [-0.05, 0) is 56.9 Å². The summed E-state index contributed by atoms with van der Waals surface area (Å²) in [5, 5.41) is 9.49. The number of amides is 1. The molecule has 1 heterocycles. The first-order chi connectivity index (χ1) is 8.99. The van der Waals surface area contributed by atoms with Crippen molar-refractivity contribution in [3.8, 4) is 0 Å². The van der Waals surface area contributed by atoms with Crippen molar-refractivity contribution in [1.29, 1.82) is 0 Å². The van der Waals surface area contributed by atoms with E-state index in [1.807, 2.05) is 4.90 Å². The molecule has 1 aliphatic heterocycles. The van der Waals surface area contributed by atoms with Gasteiger partial charge in [0.25, 0.3) is 5.91 Å². The van der Waals surface area contributed by atoms with Crippen LogP contribution in [0.25, 0.3) is 0 Å². The van der Waals surface area contributed by atoms with Crippen molar-refractivity contribution in [2.24, 2.45) is 0 Å². The Labute approximate surface area is 113 Å². The Bertz CT molecular complexity index is 473. The van der Waals surface area contributed by atoms with Crippen molar-refractivity contribution in [1.82, 2.24) is 4.90 Å². The number of halogens is 1. The smallest absolute Gasteiger partial charge is 0.254 e. The monoisotopic (exact) mass is 265 g/mol. The predicted octanol–water partition coefficient (Wildman–Crippen LogP) is 2.51. The fourth-order valence-corrected chi connectivity index (χ4v) is 2.76. The van der Waals surface area contributed by atoms with E-state index in [0.29, 0.717) is 24.1 Å². The second kappa shape index (κ2) is 5.70. The lowest BCUT2D eigenvalue weighted by molar-refractivity contribution is 0.0681. The number of hydrogen-bond donors (Lipinski definition) is 1. The summed E-state index contributed by atoms with van der Waals surface area (Å²) >= 11 is 0. The number of aryl methyl sites for hydroxylation is 1. The van der Waals surface area contributed by atoms with Crippen LogP contribution in [0.3, 0.4) is 0 Å². The molecule has 0 bridgehead atoms. The van der Waals surface area contributed by atoms with Crippen LogP contribution in [0.4, 0.5) is 4.39 Å². The van der Waals surface area contributed by atoms with Crippen molar-refractivity contribution in [2.45, 2.75) is 45.3 Å². The van der Waals surface area contributed by atoms with Crippen LogP contribution in [0.5, 0.6) is 0 Å². The molecule has 0 aromatic heterocycles. The van der Waals surface area contributed by atoms with E-state index in [-0.39, 0.29) is 17.8 Å². The summed E-state index contributed by atoms with van der Waals surface area (Å²) < 4.78 is 13.1. The highest BCUT2D eigenvalue weighted by Crippen LogP contribution is 2.24. The summed E-state index contributed by atoms with van der Waals surface area (Å²) in [5.41, 5.74) is 1.21. The van der Waals surface area contributed by atoms with Gasteiger partial charge in [-0.25, -0.2) is 4.39 Å². The van der Waals surface area contributed by atoms with Crippen molar-refractivity contribution in [3.63, 3.8) is 0 Å². The molecule has 2 rings (SSSR count). The van der Waals surface area contributed by atoms with E-state index >= 15 is 0 Å². The normalized spacial score (nSPS) is 20.6. The van der Waals surface area contributed by atoms with Gasteiger partial charge in [0, 0.05) is 18.2 Å². The zero-order valence-electron chi connectivity index (χ0n) is 11.4. The molecular formula is C15H20FNO2. The van der Waals surface area contributed by atoms with E-state index in [4.69, 9.17) is 0 Å². The Balaban J connectivity index is 2.18. The van der Waals surface area contributed by atoms with Crippen LogP contribution in [0.2, 0.25) is 0 Å². The van der Waals surface area contributed by atoms with Crippen LogP contribution < -0.4 is 0 Å². The van der Waals surface area contributed by atoms with Gasteiger partial charge in [-0.1, -0.05) is 0 Å². The lowest BCUT2D eigenvalue weighted by atomic mass is 10.0. The Hall–Kier alpha value is -1.42. The van der Waals surface area contributed by atoms with E-state index in [1.165, 1.54) is 12.1 Å². The molecule has 4 heteroatoms. The lowest BCUT2D eigenvalue weighted by Crippen LogP contribution is -2.37. The third-order valence-corrected chi connectivity index (χ3v) is 3.67. The van der Waals surface area contributed by atoms with Crippen molar-refractivity contribution in [2.75, 3.05) is 6.54 Å². The number of aliphatic hydroxyl groups excluding tert-OH is 1. The van der Waals surface area contributed by atoms with Gasteiger partial charge < -0.3 is 10.0 Å². The number of benzene rings is 1. The maximum atomic E-state index is 13.1. The first-order valence-electron chi connectivity index (χ1n) is 6.74. The molecule has 19 heavy (non-hydrogen) atoms. The summed E-state index contributed by atoms with van der Waals surface area (Å²) in [6.07, 6.45) is 2.08. The first-order valence-corrected chi connectivity index (χ1v) is 6.74. The molecule has 104 valence electrons. The van der Waals surface area contributed by atoms with Crippen LogP contribution in [0, 0.1) is 12.7 Å². The number of aliphatic hydroxyl groups is 1. The van der Waals surface area contributed by atoms with E-state index in [9.17, 15) is 14.3 Å². The molecule has 1 aromatic rings. The van der Waals surface area contributed by atoms with Crippen molar-refractivity contribution < 1.29 is 14.3 Å². The van der Waals surface area contributed by atoms with E-state index in [2.05, 4.69) is 0 Å². The number of carbonyl (C=O) groups excluding carboxylic acids is 1. The second-order valence-electron chi connectivity index (χ2n) is 5.34. The number of rotatable bonds is 3. The molecule has 1 amide bonds. The molecular weight excluding hydrogens is 245 g/mol. The number of hydrogen-bond acceptors (Lipinski definition) is 2. The third kappa shape index (κ3) is 3.13. The van der Waals surface area contributed by atoms with Gasteiger partial charge >= 0.3 is 0 Å². The minimum atomic E-state index is -0.410. The molecule has 0 aliphatic carbocycles. The number of likely N-dealkylation sites (tertiary alicyclic amines) is 1. The van der Waals surface area contributed by atoms with Gasteiger partial charge in [-0.15, -0.1) is 0 Å². The summed E-state index contributed by atoms with van der Waals surface area (Å²) in [6.45, 7) is 4.20. The summed E-state index contributed by atoms with van der Waals surface area (Å²) in [5.74, 6) is -0.378. The van der Waals surface area contributed by atoms with Crippen LogP contribution >= 0.6 is 0 Å². The highest BCUT2D eigenvalue weighted by Gasteiger charge is 2.30. The molecule has 0 saturated carbocycles. The zero-order valence-corrected chi connectivity index (χ0v) is 11.4. The Morgan fingerprint density at radius 1 is 1.58 bits per heavy atom. The molecule has 1 aromatic carbocycles. The van der Waals surface area contributed by atoms with Gasteiger partial charge in [-0.2, -0.15) is 0 Å². The fourth-order valence-electron chi connectivity index (χ4n) is 2.76. The number of carbonyl (C=O) groups is 1. The van der Waals surface area contributed by atoms with Crippen molar-refractivity contribution >= 4 is 5.91 Å². The summed E-state index contributed by atoms with van der Waals surface area (Å²) in [4.78, 5) is 14.3. The first kappa shape index (κ1) is 14.0. The van der Waals surface area contributed by atoms with Crippen molar-refractivity contribution in [3.05, 3.63) is 35.1 Å².